The molecule has 1 aromatic carbocycles. The summed E-state index contributed by atoms with van der Waals surface area (Å²) in [5, 5.41) is 8.66. The predicted molar refractivity (Wildman–Crippen MR) is 79.5 cm³/mol. The number of nitrogens with one attached hydrogen (secondary N) is 1. The Kier molecular flexibility index (Phi) is 5.00. The molecule has 0 saturated heterocycles. The van der Waals surface area contributed by atoms with Crippen LogP contribution in [0.25, 0.3) is 0 Å². The summed E-state index contributed by atoms with van der Waals surface area (Å²) < 4.78 is 1.97. The lowest BCUT2D eigenvalue weighted by Gasteiger charge is -2.13. The van der Waals surface area contributed by atoms with Crippen LogP contribution in [0.5, 0.6) is 0 Å². The van der Waals surface area contributed by atoms with Crippen molar-refractivity contribution in [2.24, 2.45) is 0 Å². The van der Waals surface area contributed by atoms with Crippen LogP contribution in [0.4, 0.5) is 0 Å². The van der Waals surface area contributed by atoms with Crippen LogP contribution in [0, 0.1) is 0 Å². The van der Waals surface area contributed by atoms with E-state index >= 15 is 0 Å². The first-order valence-electron chi connectivity index (χ1n) is 6.73. The van der Waals surface area contributed by atoms with E-state index in [2.05, 4.69) is 30.5 Å². The van der Waals surface area contributed by atoms with Gasteiger partial charge in [0.2, 0.25) is 0 Å². The van der Waals surface area contributed by atoms with Gasteiger partial charge in [0.15, 0.2) is 0 Å². The van der Waals surface area contributed by atoms with E-state index in [9.17, 15) is 0 Å². The van der Waals surface area contributed by atoms with Crippen molar-refractivity contribution in [1.82, 2.24) is 15.1 Å². The molecule has 0 radical (unpaired) electrons. The Morgan fingerprint density at radius 3 is 2.63 bits per heavy atom. The largest absolute Gasteiger partial charge is 0.310 e. The van der Waals surface area contributed by atoms with Gasteiger partial charge in [0, 0.05) is 22.8 Å². The average molecular weight is 278 g/mol. The maximum absolute atomic E-state index is 5.88. The molecule has 3 nitrogen and oxygen atoms in total. The van der Waals surface area contributed by atoms with Crippen molar-refractivity contribution in [3.05, 3.63) is 52.8 Å². The molecule has 0 fully saturated rings. The van der Waals surface area contributed by atoms with Crippen LogP contribution in [0.15, 0.2) is 36.7 Å². The molecule has 1 atom stereocenters. The predicted octanol–water partition coefficient (Wildman–Crippen LogP) is 3.65. The second-order valence-electron chi connectivity index (χ2n) is 4.62. The Hall–Kier alpha value is -1.32. The van der Waals surface area contributed by atoms with Crippen molar-refractivity contribution in [2.45, 2.75) is 32.9 Å². The fourth-order valence-corrected chi connectivity index (χ4v) is 2.29. The van der Waals surface area contributed by atoms with E-state index in [1.807, 2.05) is 35.1 Å². The third-order valence-electron chi connectivity index (χ3n) is 3.17. The monoisotopic (exact) mass is 277 g/mol. The van der Waals surface area contributed by atoms with Gasteiger partial charge in [0.1, 0.15) is 0 Å². The van der Waals surface area contributed by atoms with E-state index in [-0.39, 0.29) is 0 Å². The van der Waals surface area contributed by atoms with Gasteiger partial charge in [0.05, 0.1) is 12.7 Å². The summed E-state index contributed by atoms with van der Waals surface area (Å²) in [6.45, 7) is 6.06. The van der Waals surface area contributed by atoms with Crippen LogP contribution in [0.3, 0.4) is 0 Å². The molecule has 1 unspecified atom stereocenters. The summed E-state index contributed by atoms with van der Waals surface area (Å²) in [7, 11) is 0. The van der Waals surface area contributed by atoms with Gasteiger partial charge in [-0.1, -0.05) is 37.6 Å². The van der Waals surface area contributed by atoms with Crippen molar-refractivity contribution in [1.29, 1.82) is 0 Å². The summed E-state index contributed by atoms with van der Waals surface area (Å²) in [5.41, 5.74) is 2.45. The zero-order valence-electron chi connectivity index (χ0n) is 11.4. The van der Waals surface area contributed by atoms with E-state index in [4.69, 9.17) is 11.6 Å². The van der Waals surface area contributed by atoms with Crippen LogP contribution in [0.2, 0.25) is 5.02 Å². The molecule has 2 rings (SSSR count). The van der Waals surface area contributed by atoms with E-state index in [0.29, 0.717) is 6.04 Å². The normalized spacial score (nSPS) is 12.6. The average Bonchev–Trinajstić information content (AvgIpc) is 2.87. The van der Waals surface area contributed by atoms with Gasteiger partial charge in [-0.25, -0.2) is 0 Å². The molecule has 0 bridgehead atoms. The van der Waals surface area contributed by atoms with Crippen LogP contribution in [-0.4, -0.2) is 16.3 Å². The molecular formula is C15H20ClN3. The van der Waals surface area contributed by atoms with E-state index in [0.717, 1.165) is 24.5 Å². The minimum atomic E-state index is 0.393. The van der Waals surface area contributed by atoms with Crippen LogP contribution >= 0.6 is 11.6 Å². The molecule has 1 heterocycles. The Balaban J connectivity index is 2.06. The number of rotatable bonds is 6. The second-order valence-corrected chi connectivity index (χ2v) is 5.05. The molecule has 0 spiro atoms. The number of nitrogens with zero attached hydrogens (tertiary/aromatic N) is 2. The van der Waals surface area contributed by atoms with Crippen molar-refractivity contribution in [3.63, 3.8) is 0 Å². The summed E-state index contributed by atoms with van der Waals surface area (Å²) in [5.74, 6) is 0. The van der Waals surface area contributed by atoms with Gasteiger partial charge in [-0.3, -0.25) is 4.68 Å². The molecule has 0 aliphatic carbocycles. The molecule has 19 heavy (non-hydrogen) atoms. The zero-order chi connectivity index (χ0) is 13.7. The molecule has 1 N–H and O–H groups in total. The maximum atomic E-state index is 5.88. The molecule has 1 aromatic heterocycles. The molecule has 102 valence electrons. The molecule has 4 heteroatoms. The maximum Gasteiger partial charge on any atom is 0.0659 e. The first-order valence-corrected chi connectivity index (χ1v) is 7.11. The lowest BCUT2D eigenvalue weighted by Crippen LogP contribution is -2.19. The molecule has 0 aliphatic rings. The molecule has 0 aliphatic heterocycles. The lowest BCUT2D eigenvalue weighted by atomic mass is 10.1. The SMILES string of the molecule is CCNC(CC)c1cnn(Cc2ccc(Cl)cc2)c1. The van der Waals surface area contributed by atoms with Gasteiger partial charge < -0.3 is 5.32 Å². The van der Waals surface area contributed by atoms with Crippen molar-refractivity contribution in [3.8, 4) is 0 Å². The summed E-state index contributed by atoms with van der Waals surface area (Å²) >= 11 is 5.88. The van der Waals surface area contributed by atoms with Crippen LogP contribution in [-0.2, 0) is 6.54 Å². The molecule has 0 amide bonds. The highest BCUT2D eigenvalue weighted by atomic mass is 35.5. The van der Waals surface area contributed by atoms with Gasteiger partial charge in [-0.05, 0) is 30.7 Å². The first-order chi connectivity index (χ1) is 9.22. The Morgan fingerprint density at radius 2 is 2.00 bits per heavy atom. The smallest absolute Gasteiger partial charge is 0.0659 e. The first kappa shape index (κ1) is 14.1. The minimum absolute atomic E-state index is 0.393. The number of hydrogen-bond donors (Lipinski definition) is 1. The minimum Gasteiger partial charge on any atom is -0.310 e. The Bertz CT molecular complexity index is 504. The highest BCUT2D eigenvalue weighted by Gasteiger charge is 2.10. The Labute approximate surface area is 119 Å². The third kappa shape index (κ3) is 3.82. The van der Waals surface area contributed by atoms with Crippen LogP contribution in [0.1, 0.15) is 37.4 Å². The summed E-state index contributed by atoms with van der Waals surface area (Å²) in [6.07, 6.45) is 5.14. The molecular weight excluding hydrogens is 258 g/mol. The number of benzene rings is 1. The van der Waals surface area contributed by atoms with Gasteiger partial charge in [-0.15, -0.1) is 0 Å². The number of aromatic nitrogens is 2. The Morgan fingerprint density at radius 1 is 1.26 bits per heavy atom. The van der Waals surface area contributed by atoms with Crippen molar-refractivity contribution in [2.75, 3.05) is 6.54 Å². The van der Waals surface area contributed by atoms with Crippen LogP contribution < -0.4 is 5.32 Å². The van der Waals surface area contributed by atoms with E-state index in [1.54, 1.807) is 0 Å². The lowest BCUT2D eigenvalue weighted by molar-refractivity contribution is 0.536. The van der Waals surface area contributed by atoms with Gasteiger partial charge >= 0.3 is 0 Å². The van der Waals surface area contributed by atoms with Gasteiger partial charge in [-0.2, -0.15) is 5.10 Å². The third-order valence-corrected chi connectivity index (χ3v) is 3.42. The topological polar surface area (TPSA) is 29.9 Å². The molecule has 2 aromatic rings. The van der Waals surface area contributed by atoms with Crippen molar-refractivity contribution < 1.29 is 0 Å². The standard InChI is InChI=1S/C15H20ClN3/c1-3-15(17-4-2)13-9-18-19(11-13)10-12-5-7-14(16)8-6-12/h5-9,11,15,17H,3-4,10H2,1-2H3. The highest BCUT2D eigenvalue weighted by Crippen LogP contribution is 2.16. The number of hydrogen-bond acceptors (Lipinski definition) is 2. The summed E-state index contributed by atoms with van der Waals surface area (Å²) in [6, 6.07) is 8.28. The second kappa shape index (κ2) is 6.73. The van der Waals surface area contributed by atoms with E-state index < -0.39 is 0 Å². The fourth-order valence-electron chi connectivity index (χ4n) is 2.17. The van der Waals surface area contributed by atoms with Gasteiger partial charge in [0.25, 0.3) is 0 Å². The zero-order valence-corrected chi connectivity index (χ0v) is 12.2. The van der Waals surface area contributed by atoms with E-state index in [1.165, 1.54) is 11.1 Å². The van der Waals surface area contributed by atoms with Crippen molar-refractivity contribution >= 4 is 11.6 Å². The highest BCUT2D eigenvalue weighted by molar-refractivity contribution is 6.30. The summed E-state index contributed by atoms with van der Waals surface area (Å²) in [4.78, 5) is 0. The quantitative estimate of drug-likeness (QED) is 0.874. The fraction of sp³-hybridized carbons (Fsp3) is 0.400. The molecule has 0 saturated carbocycles. The number of halogens is 1.